The Bertz CT molecular complexity index is 232. The molecule has 0 bridgehead atoms. The number of fused-ring (bicyclic) bond motifs is 1. The van der Waals surface area contributed by atoms with Crippen LogP contribution >= 0.6 is 0 Å². The van der Waals surface area contributed by atoms with Crippen molar-refractivity contribution in [3.63, 3.8) is 0 Å². The molecular weight excluding hydrogens is 194 g/mol. The number of hydrogen-bond acceptors (Lipinski definition) is 3. The number of likely N-dealkylation sites (tertiary alicyclic amines) is 1. The molecule has 4 nitrogen and oxygen atoms in total. The molecule has 15 heavy (non-hydrogen) atoms. The third-order valence-corrected chi connectivity index (χ3v) is 3.21. The summed E-state index contributed by atoms with van der Waals surface area (Å²) in [5, 5.41) is 9.26. The van der Waals surface area contributed by atoms with E-state index in [9.17, 15) is 9.90 Å². The van der Waals surface area contributed by atoms with Gasteiger partial charge in [-0.3, -0.25) is 4.79 Å². The molecule has 0 radical (unpaired) electrons. The van der Waals surface area contributed by atoms with Crippen LogP contribution in [0.3, 0.4) is 0 Å². The first-order chi connectivity index (χ1) is 7.18. The highest BCUT2D eigenvalue weighted by Gasteiger charge is 2.51. The summed E-state index contributed by atoms with van der Waals surface area (Å²) in [5.41, 5.74) is -0.439. The number of nitrogens with zero attached hydrogens (tertiary/aromatic N) is 1. The summed E-state index contributed by atoms with van der Waals surface area (Å²) in [6.07, 6.45) is 0.963. The molecule has 1 N–H and O–H groups in total. The Hall–Kier alpha value is -0.610. The lowest BCUT2D eigenvalue weighted by Gasteiger charge is -2.24. The Morgan fingerprint density at radius 3 is 2.73 bits per heavy atom. The van der Waals surface area contributed by atoms with Crippen LogP contribution in [0.1, 0.15) is 27.2 Å². The van der Waals surface area contributed by atoms with Gasteiger partial charge >= 0.3 is 0 Å². The molecule has 0 aromatic rings. The highest BCUT2D eigenvalue weighted by molar-refractivity contribution is 5.73. The van der Waals surface area contributed by atoms with Crippen molar-refractivity contribution in [3.05, 3.63) is 0 Å². The van der Waals surface area contributed by atoms with Crippen LogP contribution in [0.4, 0.5) is 0 Å². The highest BCUT2D eigenvalue weighted by Crippen LogP contribution is 2.38. The van der Waals surface area contributed by atoms with Gasteiger partial charge in [-0.15, -0.1) is 0 Å². The molecule has 2 unspecified atom stereocenters. The average Bonchev–Trinajstić information content (AvgIpc) is 2.76. The van der Waals surface area contributed by atoms with Crippen LogP contribution in [-0.2, 0) is 9.53 Å². The fourth-order valence-corrected chi connectivity index (χ4v) is 2.34. The number of aliphatic hydroxyl groups is 1. The topological polar surface area (TPSA) is 49.8 Å². The first kappa shape index (κ1) is 12.5. The van der Waals surface area contributed by atoms with Gasteiger partial charge in [0, 0.05) is 26.0 Å². The molecule has 0 spiro atoms. The number of aliphatic hydroxyl groups excluding tert-OH is 1. The second-order valence-electron chi connectivity index (χ2n) is 3.96. The van der Waals surface area contributed by atoms with E-state index in [2.05, 4.69) is 0 Å². The van der Waals surface area contributed by atoms with Crippen molar-refractivity contribution in [2.45, 2.75) is 32.8 Å². The lowest BCUT2D eigenvalue weighted by Crippen LogP contribution is -2.41. The zero-order valence-electron chi connectivity index (χ0n) is 9.82. The second kappa shape index (κ2) is 4.94. The van der Waals surface area contributed by atoms with E-state index in [-0.39, 0.29) is 12.5 Å². The molecule has 2 saturated heterocycles. The molecular formula is C11H21NO3. The lowest BCUT2D eigenvalue weighted by atomic mass is 9.92. The predicted octanol–water partition coefficient (Wildman–Crippen LogP) is 0.642. The number of carbonyl (C=O) groups is 1. The maximum absolute atomic E-state index is 11.1. The van der Waals surface area contributed by atoms with Gasteiger partial charge in [0.25, 0.3) is 0 Å². The third-order valence-electron chi connectivity index (χ3n) is 3.21. The van der Waals surface area contributed by atoms with Crippen molar-refractivity contribution in [1.29, 1.82) is 0 Å². The Morgan fingerprint density at radius 1 is 1.60 bits per heavy atom. The van der Waals surface area contributed by atoms with Crippen molar-refractivity contribution in [2.24, 2.45) is 5.92 Å². The van der Waals surface area contributed by atoms with Crippen LogP contribution in [0, 0.1) is 5.92 Å². The molecule has 0 aliphatic carbocycles. The van der Waals surface area contributed by atoms with Crippen molar-refractivity contribution < 1.29 is 14.6 Å². The van der Waals surface area contributed by atoms with E-state index in [0.29, 0.717) is 12.5 Å². The van der Waals surface area contributed by atoms with Crippen molar-refractivity contribution in [3.8, 4) is 0 Å². The zero-order chi connectivity index (χ0) is 11.5. The fourth-order valence-electron chi connectivity index (χ4n) is 2.34. The summed E-state index contributed by atoms with van der Waals surface area (Å²) in [6, 6.07) is 0. The lowest BCUT2D eigenvalue weighted by molar-refractivity contribution is -0.129. The van der Waals surface area contributed by atoms with E-state index in [1.54, 1.807) is 11.8 Å². The van der Waals surface area contributed by atoms with Gasteiger partial charge in [0.1, 0.15) is 5.60 Å². The summed E-state index contributed by atoms with van der Waals surface area (Å²) >= 11 is 0. The van der Waals surface area contributed by atoms with Gasteiger partial charge in [-0.1, -0.05) is 13.8 Å². The van der Waals surface area contributed by atoms with Gasteiger partial charge in [0.2, 0.25) is 5.91 Å². The quantitative estimate of drug-likeness (QED) is 0.698. The largest absolute Gasteiger partial charge is 0.393 e. The number of hydrogen-bond donors (Lipinski definition) is 1. The second-order valence-corrected chi connectivity index (χ2v) is 3.96. The minimum absolute atomic E-state index is 0.0292. The van der Waals surface area contributed by atoms with Gasteiger partial charge in [-0.2, -0.15) is 0 Å². The van der Waals surface area contributed by atoms with Crippen molar-refractivity contribution in [2.75, 3.05) is 26.3 Å². The summed E-state index contributed by atoms with van der Waals surface area (Å²) in [4.78, 5) is 12.9. The Morgan fingerprint density at radius 2 is 2.27 bits per heavy atom. The van der Waals surface area contributed by atoms with Gasteiger partial charge in [0.05, 0.1) is 13.2 Å². The zero-order valence-corrected chi connectivity index (χ0v) is 9.82. The van der Waals surface area contributed by atoms with E-state index >= 15 is 0 Å². The molecule has 2 aliphatic rings. The fraction of sp³-hybridized carbons (Fsp3) is 0.909. The van der Waals surface area contributed by atoms with Gasteiger partial charge < -0.3 is 14.7 Å². The molecule has 88 valence electrons. The highest BCUT2D eigenvalue weighted by atomic mass is 16.5. The van der Waals surface area contributed by atoms with E-state index in [1.807, 2.05) is 13.8 Å². The Labute approximate surface area is 91.2 Å². The first-order valence-corrected chi connectivity index (χ1v) is 5.68. The Kier molecular flexibility index (Phi) is 4.11. The minimum Gasteiger partial charge on any atom is -0.393 e. The molecule has 2 heterocycles. The summed E-state index contributed by atoms with van der Waals surface area (Å²) in [7, 11) is 0. The summed E-state index contributed by atoms with van der Waals surface area (Å²) in [5.74, 6) is 0.409. The van der Waals surface area contributed by atoms with Crippen molar-refractivity contribution in [1.82, 2.24) is 4.90 Å². The van der Waals surface area contributed by atoms with Crippen LogP contribution in [0.15, 0.2) is 0 Å². The monoisotopic (exact) mass is 215 g/mol. The van der Waals surface area contributed by atoms with Gasteiger partial charge in [-0.25, -0.2) is 0 Å². The molecule has 2 fully saturated rings. The van der Waals surface area contributed by atoms with Crippen LogP contribution in [0.5, 0.6) is 0 Å². The molecule has 2 rings (SSSR count). The van der Waals surface area contributed by atoms with Crippen LogP contribution in [0.2, 0.25) is 0 Å². The van der Waals surface area contributed by atoms with E-state index in [4.69, 9.17) is 4.74 Å². The average molecular weight is 215 g/mol. The molecule has 0 saturated carbocycles. The summed E-state index contributed by atoms with van der Waals surface area (Å²) < 4.78 is 5.55. The normalized spacial score (nSPS) is 33.3. The molecule has 4 heteroatoms. The molecule has 0 aromatic heterocycles. The summed E-state index contributed by atoms with van der Waals surface area (Å²) in [6.45, 7) is 7.62. The maximum atomic E-state index is 11.1. The number of rotatable bonds is 1. The number of carbonyl (C=O) groups excluding carboxylic acids is 1. The first-order valence-electron chi connectivity index (χ1n) is 5.68. The van der Waals surface area contributed by atoms with E-state index in [1.165, 1.54) is 0 Å². The predicted molar refractivity (Wildman–Crippen MR) is 57.5 cm³/mol. The number of ether oxygens (including phenoxy) is 1. The smallest absolute Gasteiger partial charge is 0.219 e. The third kappa shape index (κ3) is 2.16. The number of amides is 1. The molecule has 1 amide bonds. The van der Waals surface area contributed by atoms with Crippen LogP contribution in [-0.4, -0.2) is 47.8 Å². The van der Waals surface area contributed by atoms with E-state index < -0.39 is 5.60 Å². The van der Waals surface area contributed by atoms with Crippen LogP contribution < -0.4 is 0 Å². The molecule has 2 atom stereocenters. The molecule has 2 aliphatic heterocycles. The maximum Gasteiger partial charge on any atom is 0.219 e. The molecule has 0 aromatic carbocycles. The van der Waals surface area contributed by atoms with Crippen LogP contribution in [0.25, 0.3) is 0 Å². The van der Waals surface area contributed by atoms with Gasteiger partial charge in [-0.05, 0) is 6.42 Å². The minimum atomic E-state index is -0.439. The Balaban J connectivity index is 0.000000531. The van der Waals surface area contributed by atoms with Crippen molar-refractivity contribution >= 4 is 5.91 Å². The standard InChI is InChI=1S/C9H15NO3.C2H6/c1-7(12)10-4-8-2-3-13-9(8,5-10)6-11;1-2/h8,11H,2-6H2,1H3;1-2H3. The SMILES string of the molecule is CC.CC(=O)N1CC2CCOC2(CO)C1. The van der Waals surface area contributed by atoms with Gasteiger partial charge in [0.15, 0.2) is 0 Å². The van der Waals surface area contributed by atoms with E-state index in [0.717, 1.165) is 19.6 Å².